The second kappa shape index (κ2) is 14.6. The first-order chi connectivity index (χ1) is 14.3. The van der Waals surface area contributed by atoms with Gasteiger partial charge in [-0.1, -0.05) is 76.8 Å². The minimum atomic E-state index is -3.15. The summed E-state index contributed by atoms with van der Waals surface area (Å²) in [6.45, 7) is 5.81. The van der Waals surface area contributed by atoms with E-state index in [0.29, 0.717) is 13.1 Å². The molecule has 1 aliphatic heterocycles. The van der Waals surface area contributed by atoms with Crippen LogP contribution in [-0.2, 0) is 16.6 Å². The largest absolute Gasteiger partial charge is 1.00 e. The molecule has 0 amide bonds. The molecule has 0 atom stereocenters. The molecule has 0 bridgehead atoms. The molecule has 1 heterocycles. The summed E-state index contributed by atoms with van der Waals surface area (Å²) < 4.78 is 41.0. The molecule has 0 aliphatic carbocycles. The number of hydrogen-bond donors (Lipinski definition) is 0. The summed E-state index contributed by atoms with van der Waals surface area (Å²) in [6, 6.07) is 6.64. The van der Waals surface area contributed by atoms with Crippen LogP contribution in [0.3, 0.4) is 0 Å². The highest BCUT2D eigenvalue weighted by atomic mass is 79.9. The van der Waals surface area contributed by atoms with E-state index < -0.39 is 10.0 Å². The molecule has 0 N–H and O–H groups in total. The fraction of sp³-hybridized carbons (Fsp3) is 0.750. The van der Waals surface area contributed by atoms with Crippen molar-refractivity contribution in [3.63, 3.8) is 0 Å². The number of unbranched alkanes of at least 4 members (excludes halogenated alkanes) is 9. The van der Waals surface area contributed by atoms with Crippen molar-refractivity contribution in [2.24, 2.45) is 0 Å². The highest BCUT2D eigenvalue weighted by Crippen LogP contribution is 2.19. The first-order valence-corrected chi connectivity index (χ1v) is 13.5. The van der Waals surface area contributed by atoms with E-state index in [9.17, 15) is 12.8 Å². The number of rotatable bonds is 14. The maximum absolute atomic E-state index is 13.1. The number of halogens is 2. The summed E-state index contributed by atoms with van der Waals surface area (Å²) in [5, 5.41) is 0. The van der Waals surface area contributed by atoms with Crippen molar-refractivity contribution >= 4 is 10.0 Å². The first kappa shape index (κ1) is 28.5. The highest BCUT2D eigenvalue weighted by Gasteiger charge is 2.34. The number of likely N-dealkylation sites (N-methyl/N-ethyl adjacent to an activating group) is 1. The van der Waals surface area contributed by atoms with Crippen LogP contribution in [0.25, 0.3) is 0 Å². The Bertz CT molecular complexity index is 705. The Labute approximate surface area is 200 Å². The topological polar surface area (TPSA) is 37.4 Å². The number of sulfonamides is 1. The van der Waals surface area contributed by atoms with Crippen LogP contribution < -0.4 is 17.0 Å². The summed E-state index contributed by atoms with van der Waals surface area (Å²) >= 11 is 0. The third-order valence-corrected chi connectivity index (χ3v) is 8.36. The monoisotopic (exact) mass is 520 g/mol. The lowest BCUT2D eigenvalue weighted by atomic mass is 10.1. The summed E-state index contributed by atoms with van der Waals surface area (Å²) in [5.41, 5.74) is 1.10. The van der Waals surface area contributed by atoms with Crippen LogP contribution in [0, 0.1) is 5.82 Å². The first-order valence-electron chi connectivity index (χ1n) is 11.9. The molecule has 1 fully saturated rings. The zero-order valence-electron chi connectivity index (χ0n) is 19.5. The Morgan fingerprint density at radius 3 is 1.87 bits per heavy atom. The zero-order chi connectivity index (χ0) is 21.9. The van der Waals surface area contributed by atoms with Crippen LogP contribution in [0.5, 0.6) is 0 Å². The molecule has 0 radical (unpaired) electrons. The third-order valence-electron chi connectivity index (χ3n) is 6.41. The Morgan fingerprint density at radius 1 is 0.871 bits per heavy atom. The lowest BCUT2D eigenvalue weighted by molar-refractivity contribution is -0.925. The van der Waals surface area contributed by atoms with E-state index in [1.165, 1.54) is 57.1 Å². The van der Waals surface area contributed by atoms with Gasteiger partial charge in [0.1, 0.15) is 12.4 Å². The van der Waals surface area contributed by atoms with E-state index in [1.807, 2.05) is 12.1 Å². The second-order valence-corrected chi connectivity index (χ2v) is 11.3. The van der Waals surface area contributed by atoms with Gasteiger partial charge in [0, 0.05) is 5.56 Å². The molecular weight excluding hydrogens is 479 g/mol. The van der Waals surface area contributed by atoms with Gasteiger partial charge in [-0.15, -0.1) is 0 Å². The van der Waals surface area contributed by atoms with E-state index in [4.69, 9.17) is 0 Å². The van der Waals surface area contributed by atoms with E-state index in [2.05, 4.69) is 14.0 Å². The predicted octanol–water partition coefficient (Wildman–Crippen LogP) is 2.34. The van der Waals surface area contributed by atoms with Gasteiger partial charge in [-0.25, -0.2) is 12.8 Å². The zero-order valence-corrected chi connectivity index (χ0v) is 21.9. The molecule has 31 heavy (non-hydrogen) atoms. The summed E-state index contributed by atoms with van der Waals surface area (Å²) in [7, 11) is -0.984. The fourth-order valence-electron chi connectivity index (χ4n) is 4.30. The second-order valence-electron chi connectivity index (χ2n) is 9.25. The number of nitrogens with zero attached hydrogens (tertiary/aromatic N) is 2. The van der Waals surface area contributed by atoms with Gasteiger partial charge in [-0.05, 0) is 18.6 Å². The molecule has 1 aliphatic rings. The number of hydrogen-bond acceptors (Lipinski definition) is 2. The Morgan fingerprint density at radius 2 is 1.35 bits per heavy atom. The van der Waals surface area contributed by atoms with E-state index in [-0.39, 0.29) is 28.6 Å². The Balaban J connectivity index is 0.00000480. The molecule has 0 spiro atoms. The Kier molecular flexibility index (Phi) is 13.4. The van der Waals surface area contributed by atoms with Crippen molar-refractivity contribution in [2.75, 3.05) is 39.0 Å². The molecule has 1 aromatic rings. The average molecular weight is 522 g/mol. The smallest absolute Gasteiger partial charge is 0.214 e. The molecule has 180 valence electrons. The van der Waals surface area contributed by atoms with Gasteiger partial charge in [0.15, 0.2) is 0 Å². The molecule has 2 rings (SSSR count). The van der Waals surface area contributed by atoms with Crippen LogP contribution in [0.15, 0.2) is 24.3 Å². The minimum Gasteiger partial charge on any atom is -1.00 e. The standard InChI is InChI=1S/C24H42FN2O2S.BrH/c1-3-4-5-6-7-8-9-10-11-12-21-30(28,29)26-17-19-27(2,20-18-26)22-23-13-15-24(25)16-14-23;/h13-16H,3-12,17-22H2,1-2H3;1H/q+1;/p-1. The maximum atomic E-state index is 13.1. The normalized spacial score (nSPS) is 16.7. The molecule has 7 heteroatoms. The highest BCUT2D eigenvalue weighted by molar-refractivity contribution is 7.89. The van der Waals surface area contributed by atoms with Crippen molar-refractivity contribution < 1.29 is 34.3 Å². The van der Waals surface area contributed by atoms with Gasteiger partial charge >= 0.3 is 0 Å². The lowest BCUT2D eigenvalue weighted by Gasteiger charge is -2.41. The molecule has 0 saturated carbocycles. The van der Waals surface area contributed by atoms with Gasteiger partial charge in [-0.3, -0.25) is 0 Å². The van der Waals surface area contributed by atoms with Gasteiger partial charge in [0.25, 0.3) is 0 Å². The molecule has 4 nitrogen and oxygen atoms in total. The molecule has 1 saturated heterocycles. The molecule has 0 unspecified atom stereocenters. The Hall–Kier alpha value is -0.500. The molecule has 1 aromatic carbocycles. The van der Waals surface area contributed by atoms with E-state index >= 15 is 0 Å². The van der Waals surface area contributed by atoms with Crippen LogP contribution in [-0.4, -0.2) is 56.2 Å². The predicted molar refractivity (Wildman–Crippen MR) is 123 cm³/mol. The number of benzene rings is 1. The fourth-order valence-corrected chi connectivity index (χ4v) is 5.84. The summed E-state index contributed by atoms with van der Waals surface area (Å²) in [4.78, 5) is 0. The van der Waals surface area contributed by atoms with Crippen LogP contribution in [0.1, 0.15) is 76.7 Å². The third kappa shape index (κ3) is 10.8. The van der Waals surface area contributed by atoms with Gasteiger partial charge in [0.05, 0.1) is 39.0 Å². The maximum Gasteiger partial charge on any atom is 0.214 e. The summed E-state index contributed by atoms with van der Waals surface area (Å²) in [5.74, 6) is 0.0647. The minimum absolute atomic E-state index is 0. The quantitative estimate of drug-likeness (QED) is 0.279. The van der Waals surface area contributed by atoms with Crippen molar-refractivity contribution in [1.29, 1.82) is 0 Å². The van der Waals surface area contributed by atoms with Gasteiger partial charge < -0.3 is 21.5 Å². The van der Waals surface area contributed by atoms with Crippen molar-refractivity contribution in [3.05, 3.63) is 35.6 Å². The molecular formula is C24H42BrFN2O2S. The van der Waals surface area contributed by atoms with Crippen molar-refractivity contribution in [1.82, 2.24) is 4.31 Å². The summed E-state index contributed by atoms with van der Waals surface area (Å²) in [6.07, 6.45) is 12.1. The van der Waals surface area contributed by atoms with Crippen molar-refractivity contribution in [2.45, 2.75) is 77.7 Å². The van der Waals surface area contributed by atoms with Crippen LogP contribution >= 0.6 is 0 Å². The SMILES string of the molecule is CCCCCCCCCCCCS(=O)(=O)N1CC[N+](C)(Cc2ccc(F)cc2)CC1.[Br-]. The lowest BCUT2D eigenvalue weighted by Crippen LogP contribution is -3.00. The van der Waals surface area contributed by atoms with E-state index in [0.717, 1.165) is 48.9 Å². The van der Waals surface area contributed by atoms with Gasteiger partial charge in [-0.2, -0.15) is 4.31 Å². The average Bonchev–Trinajstić information content (AvgIpc) is 2.71. The van der Waals surface area contributed by atoms with Crippen LogP contribution in [0.2, 0.25) is 0 Å². The van der Waals surface area contributed by atoms with Gasteiger partial charge in [0.2, 0.25) is 10.0 Å². The number of piperazine rings is 1. The van der Waals surface area contributed by atoms with Crippen molar-refractivity contribution in [3.8, 4) is 0 Å². The molecule has 0 aromatic heterocycles. The van der Waals surface area contributed by atoms with Crippen LogP contribution in [0.4, 0.5) is 4.39 Å². The number of quaternary nitrogens is 1. The van der Waals surface area contributed by atoms with E-state index in [1.54, 1.807) is 4.31 Å².